The van der Waals surface area contributed by atoms with E-state index in [1.807, 2.05) is 0 Å². The number of hydrogen-bond acceptors (Lipinski definition) is 3. The number of halogens is 1. The molecule has 1 amide bonds. The molecule has 0 spiro atoms. The second-order valence-corrected chi connectivity index (χ2v) is 4.18. The fourth-order valence-electron chi connectivity index (χ4n) is 1.83. The number of carbonyl (C=O) groups is 1. The minimum absolute atomic E-state index is 0. The number of carbonyl (C=O) groups excluding carboxylic acids is 1. The van der Waals surface area contributed by atoms with Crippen molar-refractivity contribution >= 4 is 18.3 Å². The lowest BCUT2D eigenvalue weighted by Crippen LogP contribution is -2.51. The molecule has 2 N–H and O–H groups in total. The van der Waals surface area contributed by atoms with Gasteiger partial charge in [-0.25, -0.2) is 0 Å². The summed E-state index contributed by atoms with van der Waals surface area (Å²) in [7, 11) is 0. The van der Waals surface area contributed by atoms with Crippen LogP contribution in [-0.4, -0.2) is 38.8 Å². The van der Waals surface area contributed by atoms with Gasteiger partial charge in [-0.15, -0.1) is 12.4 Å². The molecular formula is C10H19ClN2O2. The average Bonchev–Trinajstić information content (AvgIpc) is 2.14. The van der Waals surface area contributed by atoms with E-state index in [0.29, 0.717) is 5.92 Å². The predicted octanol–water partition coefficient (Wildman–Crippen LogP) is 0.170. The molecule has 0 aliphatic carbocycles. The molecule has 0 aromatic heterocycles. The van der Waals surface area contributed by atoms with Crippen LogP contribution in [0, 0.1) is 11.8 Å². The summed E-state index contributed by atoms with van der Waals surface area (Å²) in [5.74, 6) is 0.939. The lowest BCUT2D eigenvalue weighted by atomic mass is 10.00. The molecular weight excluding hydrogens is 216 g/mol. The first kappa shape index (κ1) is 12.7. The maximum absolute atomic E-state index is 11.5. The molecule has 1 atom stereocenters. The number of hydrogen-bond donors (Lipinski definition) is 2. The van der Waals surface area contributed by atoms with Crippen LogP contribution in [0.25, 0.3) is 0 Å². The van der Waals surface area contributed by atoms with Crippen LogP contribution < -0.4 is 10.6 Å². The number of nitrogens with one attached hydrogen (secondary N) is 2. The Bertz CT molecular complexity index is 204. The van der Waals surface area contributed by atoms with Crippen molar-refractivity contribution in [1.29, 1.82) is 0 Å². The van der Waals surface area contributed by atoms with Crippen LogP contribution in [0.1, 0.15) is 12.8 Å². The Hall–Kier alpha value is -0.320. The second kappa shape index (κ2) is 6.30. The van der Waals surface area contributed by atoms with Gasteiger partial charge in [0.2, 0.25) is 5.91 Å². The van der Waals surface area contributed by atoms with Gasteiger partial charge in [-0.1, -0.05) is 0 Å². The molecule has 0 aromatic carbocycles. The predicted molar refractivity (Wildman–Crippen MR) is 60.2 cm³/mol. The van der Waals surface area contributed by atoms with E-state index in [0.717, 1.165) is 39.3 Å². The Morgan fingerprint density at radius 3 is 2.80 bits per heavy atom. The number of rotatable bonds is 3. The summed E-state index contributed by atoms with van der Waals surface area (Å²) < 4.78 is 5.35. The Kier molecular flexibility index (Phi) is 5.36. The van der Waals surface area contributed by atoms with Crippen LogP contribution >= 0.6 is 12.4 Å². The molecule has 4 nitrogen and oxygen atoms in total. The summed E-state index contributed by atoms with van der Waals surface area (Å²) in [5, 5.41) is 6.09. The number of amides is 1. The molecule has 88 valence electrons. The van der Waals surface area contributed by atoms with E-state index in [4.69, 9.17) is 4.74 Å². The van der Waals surface area contributed by atoms with Gasteiger partial charge >= 0.3 is 0 Å². The van der Waals surface area contributed by atoms with E-state index < -0.39 is 0 Å². The summed E-state index contributed by atoms with van der Waals surface area (Å²) in [6, 6.07) is 0. The van der Waals surface area contributed by atoms with Crippen molar-refractivity contribution in [2.45, 2.75) is 12.8 Å². The zero-order valence-electron chi connectivity index (χ0n) is 8.83. The molecule has 0 bridgehead atoms. The van der Waals surface area contributed by atoms with Crippen LogP contribution in [0.5, 0.6) is 0 Å². The zero-order chi connectivity index (χ0) is 9.80. The van der Waals surface area contributed by atoms with Crippen LogP contribution in [-0.2, 0) is 9.53 Å². The van der Waals surface area contributed by atoms with E-state index in [1.165, 1.54) is 6.42 Å². The van der Waals surface area contributed by atoms with Crippen LogP contribution in [0.3, 0.4) is 0 Å². The largest absolute Gasteiger partial charge is 0.381 e. The Labute approximate surface area is 96.5 Å². The standard InChI is InChI=1S/C10H18N2O2.ClH/c13-10(9-5-11-6-9)12-4-8-2-1-3-14-7-8;/h8-9,11H,1-7H2,(H,12,13);1H. The minimum atomic E-state index is 0. The maximum atomic E-state index is 11.5. The van der Waals surface area contributed by atoms with Gasteiger partial charge in [-0.2, -0.15) is 0 Å². The van der Waals surface area contributed by atoms with Crippen molar-refractivity contribution in [3.05, 3.63) is 0 Å². The van der Waals surface area contributed by atoms with E-state index in [2.05, 4.69) is 10.6 Å². The van der Waals surface area contributed by atoms with E-state index in [9.17, 15) is 4.79 Å². The van der Waals surface area contributed by atoms with Crippen molar-refractivity contribution in [1.82, 2.24) is 10.6 Å². The molecule has 2 aliphatic heterocycles. The van der Waals surface area contributed by atoms with Crippen LogP contribution in [0.15, 0.2) is 0 Å². The van der Waals surface area contributed by atoms with E-state index >= 15 is 0 Å². The quantitative estimate of drug-likeness (QED) is 0.732. The monoisotopic (exact) mass is 234 g/mol. The summed E-state index contributed by atoms with van der Waals surface area (Å²) in [6.07, 6.45) is 2.31. The highest BCUT2D eigenvalue weighted by Gasteiger charge is 2.25. The van der Waals surface area contributed by atoms with Gasteiger partial charge in [0.1, 0.15) is 0 Å². The topological polar surface area (TPSA) is 50.4 Å². The lowest BCUT2D eigenvalue weighted by molar-refractivity contribution is -0.126. The first-order valence-electron chi connectivity index (χ1n) is 5.42. The third-order valence-electron chi connectivity index (χ3n) is 2.97. The fraction of sp³-hybridized carbons (Fsp3) is 0.900. The third kappa shape index (κ3) is 3.63. The number of ether oxygens (including phenoxy) is 1. The second-order valence-electron chi connectivity index (χ2n) is 4.18. The van der Waals surface area contributed by atoms with Crippen molar-refractivity contribution in [2.75, 3.05) is 32.8 Å². The molecule has 2 aliphatic rings. The molecule has 2 saturated heterocycles. The van der Waals surface area contributed by atoms with Gasteiger partial charge < -0.3 is 15.4 Å². The maximum Gasteiger partial charge on any atom is 0.225 e. The molecule has 5 heteroatoms. The fourth-order valence-corrected chi connectivity index (χ4v) is 1.83. The van der Waals surface area contributed by atoms with Crippen molar-refractivity contribution < 1.29 is 9.53 Å². The average molecular weight is 235 g/mol. The molecule has 1 unspecified atom stereocenters. The molecule has 0 aromatic rings. The molecule has 2 fully saturated rings. The van der Waals surface area contributed by atoms with Gasteiger partial charge in [0.25, 0.3) is 0 Å². The first-order valence-corrected chi connectivity index (χ1v) is 5.42. The van der Waals surface area contributed by atoms with Gasteiger partial charge in [0, 0.05) is 26.2 Å². The normalized spacial score (nSPS) is 26.3. The van der Waals surface area contributed by atoms with Crippen molar-refractivity contribution in [2.24, 2.45) is 11.8 Å². The first-order chi connectivity index (χ1) is 6.86. The summed E-state index contributed by atoms with van der Waals surface area (Å²) in [5.41, 5.74) is 0. The van der Waals surface area contributed by atoms with Gasteiger partial charge in [-0.3, -0.25) is 4.79 Å². The van der Waals surface area contributed by atoms with E-state index in [-0.39, 0.29) is 24.2 Å². The molecule has 2 rings (SSSR count). The van der Waals surface area contributed by atoms with Crippen molar-refractivity contribution in [3.63, 3.8) is 0 Å². The SMILES string of the molecule is Cl.O=C(NCC1CCCOC1)C1CNC1. The highest BCUT2D eigenvalue weighted by molar-refractivity contribution is 5.85. The zero-order valence-corrected chi connectivity index (χ0v) is 9.65. The lowest BCUT2D eigenvalue weighted by Gasteiger charge is -2.28. The highest BCUT2D eigenvalue weighted by Crippen LogP contribution is 2.12. The van der Waals surface area contributed by atoms with Crippen LogP contribution in [0.4, 0.5) is 0 Å². The Morgan fingerprint density at radius 2 is 2.27 bits per heavy atom. The Balaban J connectivity index is 0.00000112. The molecule has 2 heterocycles. The smallest absolute Gasteiger partial charge is 0.225 e. The summed E-state index contributed by atoms with van der Waals surface area (Å²) in [6.45, 7) is 4.16. The summed E-state index contributed by atoms with van der Waals surface area (Å²) >= 11 is 0. The van der Waals surface area contributed by atoms with Gasteiger partial charge in [0.15, 0.2) is 0 Å². The molecule has 15 heavy (non-hydrogen) atoms. The molecule has 0 saturated carbocycles. The van der Waals surface area contributed by atoms with Crippen LogP contribution in [0.2, 0.25) is 0 Å². The van der Waals surface area contributed by atoms with E-state index in [1.54, 1.807) is 0 Å². The third-order valence-corrected chi connectivity index (χ3v) is 2.97. The minimum Gasteiger partial charge on any atom is -0.381 e. The Morgan fingerprint density at radius 1 is 1.47 bits per heavy atom. The summed E-state index contributed by atoms with van der Waals surface area (Å²) in [4.78, 5) is 11.5. The molecule has 0 radical (unpaired) electrons. The van der Waals surface area contributed by atoms with Gasteiger partial charge in [0.05, 0.1) is 12.5 Å². The van der Waals surface area contributed by atoms with Gasteiger partial charge in [-0.05, 0) is 18.8 Å². The van der Waals surface area contributed by atoms with Crippen molar-refractivity contribution in [3.8, 4) is 0 Å². The highest BCUT2D eigenvalue weighted by atomic mass is 35.5.